The van der Waals surface area contributed by atoms with Gasteiger partial charge in [0.25, 0.3) is 0 Å². The van der Waals surface area contributed by atoms with E-state index < -0.39 is 18.7 Å². The highest BCUT2D eigenvalue weighted by Crippen LogP contribution is 2.22. The van der Waals surface area contributed by atoms with E-state index in [2.05, 4.69) is 0 Å². The molecule has 0 unspecified atom stereocenters. The minimum absolute atomic E-state index is 0.130. The molecule has 0 amide bonds. The molecule has 18 heavy (non-hydrogen) atoms. The molecule has 0 saturated carbocycles. The monoisotopic (exact) mass is 281 g/mol. The van der Waals surface area contributed by atoms with Crippen LogP contribution in [0.1, 0.15) is 27.9 Å². The molecule has 1 heterocycles. The molecule has 0 aromatic carbocycles. The lowest BCUT2D eigenvalue weighted by Crippen LogP contribution is -2.34. The molecule has 0 bridgehead atoms. The maximum Gasteiger partial charge on any atom is 0.401 e. The summed E-state index contributed by atoms with van der Waals surface area (Å²) in [6.45, 7) is 1.30. The van der Waals surface area contributed by atoms with E-state index in [-0.39, 0.29) is 11.4 Å². The van der Waals surface area contributed by atoms with E-state index in [4.69, 9.17) is 5.11 Å². The lowest BCUT2D eigenvalue weighted by molar-refractivity contribution is -0.147. The van der Waals surface area contributed by atoms with Crippen molar-refractivity contribution >= 4 is 17.3 Å². The van der Waals surface area contributed by atoms with E-state index in [9.17, 15) is 18.0 Å². The molecule has 1 aromatic rings. The molecule has 1 N–H and O–H groups in total. The number of nitrogens with zero attached hydrogens (tertiary/aromatic N) is 1. The van der Waals surface area contributed by atoms with Crippen LogP contribution in [-0.4, -0.2) is 35.2 Å². The topological polar surface area (TPSA) is 40.5 Å². The van der Waals surface area contributed by atoms with Crippen LogP contribution in [0, 0.1) is 0 Å². The molecule has 1 rings (SSSR count). The molecule has 0 atom stereocenters. The van der Waals surface area contributed by atoms with Gasteiger partial charge in [0.05, 0.1) is 6.54 Å². The third-order valence-corrected chi connectivity index (χ3v) is 3.25. The van der Waals surface area contributed by atoms with Gasteiger partial charge in [-0.2, -0.15) is 13.2 Å². The van der Waals surface area contributed by atoms with E-state index in [1.54, 1.807) is 13.0 Å². The van der Waals surface area contributed by atoms with Crippen molar-refractivity contribution in [2.24, 2.45) is 0 Å². The molecular formula is C11H14F3NO2S. The van der Waals surface area contributed by atoms with Gasteiger partial charge in [-0.1, -0.05) is 6.92 Å². The van der Waals surface area contributed by atoms with Crippen LogP contribution in [0.5, 0.6) is 0 Å². The minimum atomic E-state index is -4.23. The molecule has 0 spiro atoms. The number of carboxylic acid groups (broad SMARTS) is 1. The van der Waals surface area contributed by atoms with Gasteiger partial charge in [0.1, 0.15) is 4.88 Å². The van der Waals surface area contributed by atoms with E-state index in [1.807, 2.05) is 0 Å². The second kappa shape index (κ2) is 6.19. The largest absolute Gasteiger partial charge is 0.477 e. The third kappa shape index (κ3) is 5.05. The fourth-order valence-corrected chi connectivity index (χ4v) is 2.47. The average Bonchev–Trinajstić information content (AvgIpc) is 2.64. The maximum atomic E-state index is 12.3. The lowest BCUT2D eigenvalue weighted by atomic mass is 10.3. The van der Waals surface area contributed by atoms with Crippen LogP contribution in [-0.2, 0) is 6.54 Å². The third-order valence-electron chi connectivity index (χ3n) is 2.19. The summed E-state index contributed by atoms with van der Waals surface area (Å²) in [5.74, 6) is -1.05. The summed E-state index contributed by atoms with van der Waals surface area (Å²) in [6.07, 6.45) is -3.62. The van der Waals surface area contributed by atoms with Crippen molar-refractivity contribution in [2.75, 3.05) is 13.1 Å². The quantitative estimate of drug-likeness (QED) is 0.870. The molecule has 0 aliphatic carbocycles. The standard InChI is InChI=1S/C11H14F3NO2S/c1-2-5-15(7-11(12,13)14)6-8-3-4-9(18-8)10(16)17/h3-4H,2,5-7H2,1H3,(H,16,17). The van der Waals surface area contributed by atoms with Gasteiger partial charge >= 0.3 is 12.1 Å². The van der Waals surface area contributed by atoms with Crippen LogP contribution >= 0.6 is 11.3 Å². The van der Waals surface area contributed by atoms with Crippen LogP contribution < -0.4 is 0 Å². The molecule has 0 fully saturated rings. The van der Waals surface area contributed by atoms with Crippen molar-refractivity contribution in [1.82, 2.24) is 4.90 Å². The second-order valence-corrected chi connectivity index (χ2v) is 5.07. The van der Waals surface area contributed by atoms with Gasteiger partial charge in [0.15, 0.2) is 0 Å². The minimum Gasteiger partial charge on any atom is -0.477 e. The second-order valence-electron chi connectivity index (χ2n) is 3.90. The zero-order chi connectivity index (χ0) is 13.8. The number of aromatic carboxylic acids is 1. The fourth-order valence-electron chi connectivity index (χ4n) is 1.58. The van der Waals surface area contributed by atoms with Crippen molar-refractivity contribution in [3.05, 3.63) is 21.9 Å². The Bertz CT molecular complexity index is 403. The first kappa shape index (κ1) is 15.0. The van der Waals surface area contributed by atoms with Gasteiger partial charge < -0.3 is 5.11 Å². The molecule has 0 aliphatic heterocycles. The Morgan fingerprint density at radius 2 is 2.11 bits per heavy atom. The van der Waals surface area contributed by atoms with Gasteiger partial charge in [-0.3, -0.25) is 4.90 Å². The van der Waals surface area contributed by atoms with Gasteiger partial charge in [-0.25, -0.2) is 4.79 Å². The fraction of sp³-hybridized carbons (Fsp3) is 0.545. The molecule has 7 heteroatoms. The normalized spacial score (nSPS) is 12.1. The average molecular weight is 281 g/mol. The van der Waals surface area contributed by atoms with Crippen LogP contribution in [0.25, 0.3) is 0 Å². The molecule has 3 nitrogen and oxygen atoms in total. The van der Waals surface area contributed by atoms with E-state index in [0.717, 1.165) is 11.3 Å². The highest BCUT2D eigenvalue weighted by molar-refractivity contribution is 7.13. The first-order chi connectivity index (χ1) is 8.31. The van der Waals surface area contributed by atoms with E-state index >= 15 is 0 Å². The summed E-state index contributed by atoms with van der Waals surface area (Å²) >= 11 is 1.01. The number of rotatable bonds is 6. The van der Waals surface area contributed by atoms with Crippen molar-refractivity contribution < 1.29 is 23.1 Å². The summed E-state index contributed by atoms with van der Waals surface area (Å²) in [6, 6.07) is 2.98. The summed E-state index contributed by atoms with van der Waals surface area (Å²) in [5.41, 5.74) is 0. The zero-order valence-electron chi connectivity index (χ0n) is 9.83. The zero-order valence-corrected chi connectivity index (χ0v) is 10.6. The number of hydrogen-bond acceptors (Lipinski definition) is 3. The van der Waals surface area contributed by atoms with E-state index in [1.165, 1.54) is 11.0 Å². The number of alkyl halides is 3. The number of hydrogen-bond donors (Lipinski definition) is 1. The van der Waals surface area contributed by atoms with Crippen LogP contribution in [0.3, 0.4) is 0 Å². The predicted octanol–water partition coefficient (Wildman–Crippen LogP) is 3.22. The molecule has 0 saturated heterocycles. The number of halogens is 3. The summed E-state index contributed by atoms with van der Waals surface area (Å²) in [7, 11) is 0. The van der Waals surface area contributed by atoms with Crippen molar-refractivity contribution in [1.29, 1.82) is 0 Å². The Balaban J connectivity index is 2.67. The lowest BCUT2D eigenvalue weighted by Gasteiger charge is -2.22. The molecule has 0 radical (unpaired) electrons. The SMILES string of the molecule is CCCN(Cc1ccc(C(=O)O)s1)CC(F)(F)F. The Morgan fingerprint density at radius 3 is 2.56 bits per heavy atom. The predicted molar refractivity (Wildman–Crippen MR) is 62.9 cm³/mol. The van der Waals surface area contributed by atoms with Crippen molar-refractivity contribution in [3.63, 3.8) is 0 Å². The van der Waals surface area contributed by atoms with Gasteiger partial charge in [-0.15, -0.1) is 11.3 Å². The first-order valence-electron chi connectivity index (χ1n) is 5.43. The molecule has 1 aromatic heterocycles. The Hall–Kier alpha value is -1.08. The van der Waals surface area contributed by atoms with Gasteiger partial charge in [0.2, 0.25) is 0 Å². The number of carboxylic acids is 1. The highest BCUT2D eigenvalue weighted by Gasteiger charge is 2.30. The molecule has 102 valence electrons. The Kier molecular flexibility index (Phi) is 5.15. The smallest absolute Gasteiger partial charge is 0.401 e. The van der Waals surface area contributed by atoms with Gasteiger partial charge in [-0.05, 0) is 25.1 Å². The summed E-state index contributed by atoms with van der Waals surface area (Å²) in [4.78, 5) is 12.7. The van der Waals surface area contributed by atoms with Crippen LogP contribution in [0.4, 0.5) is 13.2 Å². The van der Waals surface area contributed by atoms with Gasteiger partial charge in [0, 0.05) is 11.4 Å². The summed E-state index contributed by atoms with van der Waals surface area (Å²) < 4.78 is 37.0. The first-order valence-corrected chi connectivity index (χ1v) is 6.24. The number of thiophene rings is 1. The Labute approximate surface area is 107 Å². The van der Waals surface area contributed by atoms with Crippen LogP contribution in [0.2, 0.25) is 0 Å². The highest BCUT2D eigenvalue weighted by atomic mass is 32.1. The molecular weight excluding hydrogens is 267 g/mol. The summed E-state index contributed by atoms with van der Waals surface area (Å²) in [5, 5.41) is 8.74. The van der Waals surface area contributed by atoms with Crippen molar-refractivity contribution in [2.45, 2.75) is 26.1 Å². The van der Waals surface area contributed by atoms with Crippen LogP contribution in [0.15, 0.2) is 12.1 Å². The maximum absolute atomic E-state index is 12.3. The van der Waals surface area contributed by atoms with Crippen molar-refractivity contribution in [3.8, 4) is 0 Å². The number of carbonyl (C=O) groups is 1. The van der Waals surface area contributed by atoms with E-state index in [0.29, 0.717) is 17.8 Å². The molecule has 0 aliphatic rings. The Morgan fingerprint density at radius 1 is 1.44 bits per heavy atom.